The first-order valence-corrected chi connectivity index (χ1v) is 10.0. The Labute approximate surface area is 175 Å². The number of benzene rings is 1. The second-order valence-corrected chi connectivity index (χ2v) is 8.22. The molecule has 8 nitrogen and oxygen atoms in total. The van der Waals surface area contributed by atoms with Gasteiger partial charge in [-0.1, -0.05) is 18.2 Å². The van der Waals surface area contributed by atoms with E-state index >= 15 is 0 Å². The van der Waals surface area contributed by atoms with Gasteiger partial charge in [0.2, 0.25) is 5.91 Å². The van der Waals surface area contributed by atoms with Crippen molar-refractivity contribution in [3.05, 3.63) is 60.1 Å². The van der Waals surface area contributed by atoms with Gasteiger partial charge in [-0.05, 0) is 24.3 Å². The summed E-state index contributed by atoms with van der Waals surface area (Å²) in [5, 5.41) is 2.85. The molecule has 3 heterocycles. The lowest BCUT2D eigenvalue weighted by Gasteiger charge is -2.30. The van der Waals surface area contributed by atoms with Crippen LogP contribution in [0.4, 0.5) is 4.79 Å². The molecule has 0 spiro atoms. The van der Waals surface area contributed by atoms with E-state index in [1.165, 1.54) is 0 Å². The average Bonchev–Trinajstić information content (AvgIpc) is 3.46. The maximum Gasteiger partial charge on any atom is 0.317 e. The van der Waals surface area contributed by atoms with Crippen LogP contribution in [0.2, 0.25) is 0 Å². The zero-order valence-corrected chi connectivity index (χ0v) is 17.2. The lowest BCUT2D eigenvalue weighted by atomic mass is 9.80. The highest BCUT2D eigenvalue weighted by molar-refractivity contribution is 5.96. The van der Waals surface area contributed by atoms with E-state index in [1.807, 2.05) is 18.2 Å². The normalized spacial score (nSPS) is 22.7. The zero-order valence-electron chi connectivity index (χ0n) is 17.2. The highest BCUT2D eigenvalue weighted by atomic mass is 16.3. The van der Waals surface area contributed by atoms with Crippen LogP contribution in [-0.4, -0.2) is 72.8 Å². The number of nitrogens with zero attached hydrogens (tertiary/aromatic N) is 3. The van der Waals surface area contributed by atoms with Crippen LogP contribution in [0.25, 0.3) is 0 Å². The van der Waals surface area contributed by atoms with E-state index in [9.17, 15) is 14.4 Å². The first-order valence-electron chi connectivity index (χ1n) is 10.0. The third-order valence-corrected chi connectivity index (χ3v) is 6.03. The zero-order chi connectivity index (χ0) is 21.3. The number of amides is 4. The van der Waals surface area contributed by atoms with Crippen molar-refractivity contribution in [2.75, 3.05) is 40.3 Å². The van der Waals surface area contributed by atoms with Gasteiger partial charge in [0.15, 0.2) is 0 Å². The summed E-state index contributed by atoms with van der Waals surface area (Å²) in [5.41, 5.74) is -0.173. The molecule has 0 aliphatic carbocycles. The van der Waals surface area contributed by atoms with Crippen molar-refractivity contribution in [3.63, 3.8) is 0 Å². The fraction of sp³-hybridized carbons (Fsp3) is 0.409. The molecule has 2 fully saturated rings. The monoisotopic (exact) mass is 410 g/mol. The summed E-state index contributed by atoms with van der Waals surface area (Å²) in [6.07, 6.45) is 1.56. The van der Waals surface area contributed by atoms with Gasteiger partial charge in [0.25, 0.3) is 5.91 Å². The maximum absolute atomic E-state index is 13.2. The molecule has 2 aliphatic rings. The molecule has 1 aromatic heterocycles. The minimum Gasteiger partial charge on any atom is -0.467 e. The van der Waals surface area contributed by atoms with E-state index < -0.39 is 5.41 Å². The Morgan fingerprint density at radius 3 is 2.43 bits per heavy atom. The van der Waals surface area contributed by atoms with Gasteiger partial charge in [0.05, 0.1) is 18.2 Å². The van der Waals surface area contributed by atoms with E-state index in [4.69, 9.17) is 4.42 Å². The Morgan fingerprint density at radius 1 is 1.07 bits per heavy atom. The Morgan fingerprint density at radius 2 is 1.77 bits per heavy atom. The first kappa shape index (κ1) is 20.0. The Bertz CT molecular complexity index is 928. The topological polar surface area (TPSA) is 86.1 Å². The fourth-order valence-corrected chi connectivity index (χ4v) is 4.57. The van der Waals surface area contributed by atoms with Crippen LogP contribution in [-0.2, 0) is 11.3 Å². The van der Waals surface area contributed by atoms with Gasteiger partial charge in [0.1, 0.15) is 5.76 Å². The van der Waals surface area contributed by atoms with Gasteiger partial charge in [-0.2, -0.15) is 0 Å². The quantitative estimate of drug-likeness (QED) is 0.831. The van der Waals surface area contributed by atoms with Crippen molar-refractivity contribution in [1.82, 2.24) is 20.0 Å². The van der Waals surface area contributed by atoms with Crippen LogP contribution in [0.1, 0.15) is 16.1 Å². The molecule has 1 N–H and O–H groups in total. The third kappa shape index (κ3) is 3.53. The molecule has 0 unspecified atom stereocenters. The molecule has 2 aromatic rings. The van der Waals surface area contributed by atoms with Gasteiger partial charge in [-0.25, -0.2) is 4.79 Å². The second-order valence-electron chi connectivity index (χ2n) is 8.22. The summed E-state index contributed by atoms with van der Waals surface area (Å²) in [5.74, 6) is 0.442. The van der Waals surface area contributed by atoms with Crippen molar-refractivity contribution >= 4 is 17.8 Å². The van der Waals surface area contributed by atoms with Crippen molar-refractivity contribution in [1.29, 1.82) is 0 Å². The lowest BCUT2D eigenvalue weighted by Crippen LogP contribution is -2.49. The molecule has 158 valence electrons. The smallest absolute Gasteiger partial charge is 0.317 e. The summed E-state index contributed by atoms with van der Waals surface area (Å²) < 4.78 is 5.25. The maximum atomic E-state index is 13.2. The summed E-state index contributed by atoms with van der Waals surface area (Å²) in [7, 11) is 3.44. The number of nitrogens with one attached hydrogen (secondary N) is 1. The third-order valence-electron chi connectivity index (χ3n) is 6.03. The van der Waals surface area contributed by atoms with Crippen molar-refractivity contribution in [3.8, 4) is 0 Å². The standard InChI is InChI=1S/C22H26N4O4/c1-24(2)20(28)22-14-25(19(27)16-7-4-3-5-8-16)12-17(22)13-26(15-22)21(29)23-11-18-9-6-10-30-18/h3-10,17H,11-15H2,1-2H3,(H,23,29)/t17-,22-/m0/s1. The van der Waals surface area contributed by atoms with E-state index in [1.54, 1.807) is 59.3 Å². The molecule has 4 amide bonds. The van der Waals surface area contributed by atoms with Gasteiger partial charge in [-0.3, -0.25) is 9.59 Å². The van der Waals surface area contributed by atoms with Crippen molar-refractivity contribution in [2.45, 2.75) is 6.54 Å². The number of carbonyl (C=O) groups is 3. The number of furan rings is 1. The lowest BCUT2D eigenvalue weighted by molar-refractivity contribution is -0.139. The van der Waals surface area contributed by atoms with Crippen LogP contribution in [0.15, 0.2) is 53.1 Å². The van der Waals surface area contributed by atoms with Crippen LogP contribution in [0.5, 0.6) is 0 Å². The average molecular weight is 410 g/mol. The molecule has 0 saturated carbocycles. The predicted octanol–water partition coefficient (Wildman–Crippen LogP) is 1.65. The largest absolute Gasteiger partial charge is 0.467 e. The first-order chi connectivity index (χ1) is 14.4. The van der Waals surface area contributed by atoms with Gasteiger partial charge < -0.3 is 24.4 Å². The molecule has 0 radical (unpaired) electrons. The number of rotatable bonds is 4. The van der Waals surface area contributed by atoms with Crippen molar-refractivity contribution in [2.24, 2.45) is 11.3 Å². The Balaban J connectivity index is 1.49. The summed E-state index contributed by atoms with van der Waals surface area (Å²) in [6, 6.07) is 12.4. The minimum atomic E-state index is -0.782. The number of hydrogen-bond donors (Lipinski definition) is 1. The molecule has 1 aromatic carbocycles. The Hall–Kier alpha value is -3.29. The van der Waals surface area contributed by atoms with Crippen LogP contribution >= 0.6 is 0 Å². The molecule has 30 heavy (non-hydrogen) atoms. The molecular formula is C22H26N4O4. The molecule has 0 bridgehead atoms. The van der Waals surface area contributed by atoms with Crippen LogP contribution in [0.3, 0.4) is 0 Å². The second kappa shape index (κ2) is 7.85. The van der Waals surface area contributed by atoms with Gasteiger partial charge in [0, 0.05) is 51.8 Å². The molecule has 2 atom stereocenters. The number of fused-ring (bicyclic) bond motifs is 1. The highest BCUT2D eigenvalue weighted by Gasteiger charge is 2.59. The molecule has 4 rings (SSSR count). The van der Waals surface area contributed by atoms with E-state index in [2.05, 4.69) is 5.32 Å². The van der Waals surface area contributed by atoms with E-state index in [-0.39, 0.29) is 30.3 Å². The van der Waals surface area contributed by atoms with E-state index in [0.29, 0.717) is 37.5 Å². The summed E-state index contributed by atoms with van der Waals surface area (Å²) >= 11 is 0. The van der Waals surface area contributed by atoms with Crippen molar-refractivity contribution < 1.29 is 18.8 Å². The van der Waals surface area contributed by atoms with Crippen LogP contribution < -0.4 is 5.32 Å². The number of urea groups is 1. The summed E-state index contributed by atoms with van der Waals surface area (Å²) in [4.78, 5) is 43.8. The summed E-state index contributed by atoms with van der Waals surface area (Å²) in [6.45, 7) is 1.78. The van der Waals surface area contributed by atoms with Gasteiger partial charge in [-0.15, -0.1) is 0 Å². The van der Waals surface area contributed by atoms with Crippen LogP contribution in [0, 0.1) is 11.3 Å². The minimum absolute atomic E-state index is 0.0443. The molecule has 8 heteroatoms. The molecule has 2 saturated heterocycles. The Kier molecular flexibility index (Phi) is 5.24. The SMILES string of the molecule is CN(C)C(=O)[C@@]12CN(C(=O)NCc3ccco3)C[C@@H]1CN(C(=O)c1ccccc1)C2. The number of hydrogen-bond acceptors (Lipinski definition) is 4. The predicted molar refractivity (Wildman–Crippen MR) is 109 cm³/mol. The molecule has 2 aliphatic heterocycles. The number of carbonyl (C=O) groups excluding carboxylic acids is 3. The van der Waals surface area contributed by atoms with Gasteiger partial charge >= 0.3 is 6.03 Å². The fourth-order valence-electron chi connectivity index (χ4n) is 4.57. The number of likely N-dealkylation sites (tertiary alicyclic amines) is 2. The highest BCUT2D eigenvalue weighted by Crippen LogP contribution is 2.44. The molecular weight excluding hydrogens is 384 g/mol. The van der Waals surface area contributed by atoms with E-state index in [0.717, 1.165) is 0 Å².